The highest BCUT2D eigenvalue weighted by Crippen LogP contribution is 2.24. The van der Waals surface area contributed by atoms with E-state index >= 15 is 0 Å². The molecule has 5 nitrogen and oxygen atoms in total. The summed E-state index contributed by atoms with van der Waals surface area (Å²) >= 11 is 0. The number of furan rings is 1. The zero-order valence-electron chi connectivity index (χ0n) is 20.7. The van der Waals surface area contributed by atoms with Crippen LogP contribution in [-0.4, -0.2) is 14.7 Å². The first-order valence-electron chi connectivity index (χ1n) is 11.4. The normalized spacial score (nSPS) is 10.5. The molecular weight excluding hydrogens is 446 g/mol. The Morgan fingerprint density at radius 1 is 0.912 bits per heavy atom. The summed E-state index contributed by atoms with van der Waals surface area (Å²) in [4.78, 5) is 10.9. The Kier molecular flexibility index (Phi) is 9.63. The summed E-state index contributed by atoms with van der Waals surface area (Å²) in [6, 6.07) is 19.6. The Labute approximate surface area is 202 Å². The van der Waals surface area contributed by atoms with Gasteiger partial charge in [0.15, 0.2) is 0 Å². The standard InChI is InChI=1S/C15H15NO3S.C11H12O.C2H6/c1-11-3-7-15(8-4-11)20(18,19)16-14-6-5-13(10-17)12(2)9-14;1-3-10-8(2)9-6-4-5-7-11(9)12-10;1-2/h3-10,16H,1-2H3;4-7H,3H2,1-2H3;1-2H3. The fourth-order valence-electron chi connectivity index (χ4n) is 3.37. The van der Waals surface area contributed by atoms with Crippen LogP contribution in [0.25, 0.3) is 11.0 Å². The van der Waals surface area contributed by atoms with Crippen LogP contribution in [0.5, 0.6) is 0 Å². The molecule has 0 atom stereocenters. The number of nitrogens with one attached hydrogen (secondary N) is 1. The van der Waals surface area contributed by atoms with Gasteiger partial charge in [0.1, 0.15) is 17.6 Å². The molecule has 4 aromatic rings. The van der Waals surface area contributed by atoms with Crippen molar-refractivity contribution < 1.29 is 17.6 Å². The molecule has 6 heteroatoms. The Morgan fingerprint density at radius 2 is 1.56 bits per heavy atom. The number of benzene rings is 3. The number of aryl methyl sites for hydroxylation is 4. The number of aldehydes is 1. The lowest BCUT2D eigenvalue weighted by atomic mass is 10.1. The fourth-order valence-corrected chi connectivity index (χ4v) is 4.41. The van der Waals surface area contributed by atoms with E-state index in [1.54, 1.807) is 49.4 Å². The van der Waals surface area contributed by atoms with Crippen LogP contribution in [0.3, 0.4) is 0 Å². The molecule has 0 amide bonds. The van der Waals surface area contributed by atoms with E-state index < -0.39 is 10.0 Å². The van der Waals surface area contributed by atoms with Crippen LogP contribution >= 0.6 is 0 Å². The maximum absolute atomic E-state index is 12.2. The molecule has 0 fully saturated rings. The molecule has 0 saturated carbocycles. The number of anilines is 1. The third-order valence-corrected chi connectivity index (χ3v) is 6.64. The van der Waals surface area contributed by atoms with Crippen molar-refractivity contribution in [2.75, 3.05) is 4.72 Å². The summed E-state index contributed by atoms with van der Waals surface area (Å²) in [5.74, 6) is 1.11. The van der Waals surface area contributed by atoms with Crippen LogP contribution in [-0.2, 0) is 16.4 Å². The molecule has 0 unspecified atom stereocenters. The van der Waals surface area contributed by atoms with Crippen LogP contribution in [0.4, 0.5) is 5.69 Å². The Hall–Kier alpha value is -3.38. The number of para-hydroxylation sites is 1. The Morgan fingerprint density at radius 3 is 2.12 bits per heavy atom. The van der Waals surface area contributed by atoms with E-state index in [2.05, 4.69) is 24.6 Å². The van der Waals surface area contributed by atoms with E-state index in [0.717, 1.165) is 35.2 Å². The SMILES string of the molecule is CC.CCc1oc2ccccc2c1C.Cc1ccc(S(=O)(=O)Nc2ccc(C=O)c(C)c2)cc1. The molecule has 0 aliphatic rings. The van der Waals surface area contributed by atoms with E-state index in [0.29, 0.717) is 11.3 Å². The molecule has 0 bridgehead atoms. The summed E-state index contributed by atoms with van der Waals surface area (Å²) in [5, 5.41) is 1.24. The summed E-state index contributed by atoms with van der Waals surface area (Å²) in [5.41, 5.74) is 5.00. The van der Waals surface area contributed by atoms with Gasteiger partial charge in [0.25, 0.3) is 10.0 Å². The highest BCUT2D eigenvalue weighted by molar-refractivity contribution is 7.92. The van der Waals surface area contributed by atoms with Crippen LogP contribution in [0.15, 0.2) is 76.0 Å². The zero-order valence-corrected chi connectivity index (χ0v) is 21.5. The quantitative estimate of drug-likeness (QED) is 0.306. The van der Waals surface area contributed by atoms with Gasteiger partial charge in [0.2, 0.25) is 0 Å². The van der Waals surface area contributed by atoms with Crippen molar-refractivity contribution in [3.8, 4) is 0 Å². The summed E-state index contributed by atoms with van der Waals surface area (Å²) in [6.45, 7) is 11.9. The lowest BCUT2D eigenvalue weighted by molar-refractivity contribution is 0.112. The molecule has 1 aromatic heterocycles. The Balaban J connectivity index is 0.000000248. The second kappa shape index (κ2) is 12.2. The largest absolute Gasteiger partial charge is 0.461 e. The lowest BCUT2D eigenvalue weighted by Gasteiger charge is -2.09. The van der Waals surface area contributed by atoms with Crippen molar-refractivity contribution in [3.63, 3.8) is 0 Å². The maximum atomic E-state index is 12.2. The van der Waals surface area contributed by atoms with Gasteiger partial charge >= 0.3 is 0 Å². The van der Waals surface area contributed by atoms with Crippen molar-refractivity contribution in [3.05, 3.63) is 94.7 Å². The van der Waals surface area contributed by atoms with Crippen LogP contribution < -0.4 is 4.72 Å². The molecule has 0 aliphatic heterocycles. The van der Waals surface area contributed by atoms with Crippen molar-refractivity contribution in [1.82, 2.24) is 0 Å². The topological polar surface area (TPSA) is 76.4 Å². The van der Waals surface area contributed by atoms with Crippen LogP contribution in [0.2, 0.25) is 0 Å². The summed E-state index contributed by atoms with van der Waals surface area (Å²) in [6.07, 6.45) is 1.72. The van der Waals surface area contributed by atoms with E-state index in [9.17, 15) is 13.2 Å². The summed E-state index contributed by atoms with van der Waals surface area (Å²) < 4.78 is 32.5. The first kappa shape index (κ1) is 26.9. The number of hydrogen-bond acceptors (Lipinski definition) is 4. The number of fused-ring (bicyclic) bond motifs is 1. The molecule has 1 heterocycles. The molecule has 0 saturated heterocycles. The predicted octanol–water partition coefficient (Wildman–Crippen LogP) is 7.25. The van der Waals surface area contributed by atoms with Crippen molar-refractivity contribution in [1.29, 1.82) is 0 Å². The van der Waals surface area contributed by atoms with Crippen molar-refractivity contribution >= 4 is 33.0 Å². The number of sulfonamides is 1. The average Bonchev–Trinajstić information content (AvgIpc) is 3.17. The van der Waals surface area contributed by atoms with Crippen LogP contribution in [0.1, 0.15) is 53.6 Å². The minimum atomic E-state index is -3.60. The van der Waals surface area contributed by atoms with Crippen molar-refractivity contribution in [2.24, 2.45) is 0 Å². The van der Waals surface area contributed by atoms with E-state index in [-0.39, 0.29) is 4.90 Å². The van der Waals surface area contributed by atoms with Crippen molar-refractivity contribution in [2.45, 2.75) is 52.9 Å². The van der Waals surface area contributed by atoms with E-state index in [1.807, 2.05) is 39.0 Å². The van der Waals surface area contributed by atoms with Gasteiger partial charge in [-0.1, -0.05) is 56.7 Å². The Bertz CT molecular complexity index is 1340. The van der Waals surface area contributed by atoms with Gasteiger partial charge in [0, 0.05) is 23.1 Å². The van der Waals surface area contributed by atoms with E-state index in [1.165, 1.54) is 10.9 Å². The van der Waals surface area contributed by atoms with Gasteiger partial charge in [-0.15, -0.1) is 0 Å². The van der Waals surface area contributed by atoms with Crippen LogP contribution in [0, 0.1) is 20.8 Å². The molecule has 1 N–H and O–H groups in total. The molecule has 0 radical (unpaired) electrons. The molecule has 0 aliphatic carbocycles. The first-order chi connectivity index (χ1) is 16.2. The minimum Gasteiger partial charge on any atom is -0.461 e. The van der Waals surface area contributed by atoms with Gasteiger partial charge in [-0.2, -0.15) is 0 Å². The highest BCUT2D eigenvalue weighted by atomic mass is 32.2. The maximum Gasteiger partial charge on any atom is 0.261 e. The smallest absolute Gasteiger partial charge is 0.261 e. The molecular formula is C28H33NO4S. The van der Waals surface area contributed by atoms with Gasteiger partial charge in [-0.25, -0.2) is 8.42 Å². The van der Waals surface area contributed by atoms with E-state index in [4.69, 9.17) is 4.42 Å². The molecule has 3 aromatic carbocycles. The average molecular weight is 480 g/mol. The second-order valence-corrected chi connectivity index (χ2v) is 9.29. The number of carbonyl (C=O) groups excluding carboxylic acids is 1. The third kappa shape index (κ3) is 6.58. The highest BCUT2D eigenvalue weighted by Gasteiger charge is 2.14. The van der Waals surface area contributed by atoms with Gasteiger partial charge in [0.05, 0.1) is 4.90 Å². The number of hydrogen-bond donors (Lipinski definition) is 1. The zero-order chi connectivity index (χ0) is 25.3. The monoisotopic (exact) mass is 479 g/mol. The predicted molar refractivity (Wildman–Crippen MR) is 140 cm³/mol. The fraction of sp³-hybridized carbons (Fsp3) is 0.250. The molecule has 0 spiro atoms. The van der Waals surface area contributed by atoms with Gasteiger partial charge < -0.3 is 4.42 Å². The third-order valence-electron chi connectivity index (χ3n) is 5.24. The molecule has 180 valence electrons. The summed E-state index contributed by atoms with van der Waals surface area (Å²) in [7, 11) is -3.60. The first-order valence-corrected chi connectivity index (χ1v) is 12.9. The van der Waals surface area contributed by atoms with Gasteiger partial charge in [-0.3, -0.25) is 9.52 Å². The van der Waals surface area contributed by atoms with Gasteiger partial charge in [-0.05, 0) is 68.3 Å². The lowest BCUT2D eigenvalue weighted by Crippen LogP contribution is -2.13. The minimum absolute atomic E-state index is 0.209. The number of rotatable bonds is 5. The number of carbonyl (C=O) groups is 1. The molecule has 34 heavy (non-hydrogen) atoms. The molecule has 4 rings (SSSR count). The second-order valence-electron chi connectivity index (χ2n) is 7.61.